The monoisotopic (exact) mass is 372 g/mol. The van der Waals surface area contributed by atoms with Gasteiger partial charge in [0.2, 0.25) is 5.91 Å². The summed E-state index contributed by atoms with van der Waals surface area (Å²) in [4.78, 5) is 26.4. The van der Waals surface area contributed by atoms with Crippen LogP contribution in [-0.2, 0) is 11.2 Å². The van der Waals surface area contributed by atoms with Crippen molar-refractivity contribution in [2.75, 3.05) is 16.8 Å². The molecule has 1 heterocycles. The lowest BCUT2D eigenvalue weighted by molar-refractivity contribution is -0.116. The van der Waals surface area contributed by atoms with Crippen molar-refractivity contribution in [3.63, 3.8) is 0 Å². The first kappa shape index (κ1) is 17.8. The first-order valence-electron chi connectivity index (χ1n) is 9.16. The first-order valence-corrected chi connectivity index (χ1v) is 9.16. The average Bonchev–Trinajstić information content (AvgIpc) is 3.13. The van der Waals surface area contributed by atoms with Gasteiger partial charge in [0.25, 0.3) is 5.91 Å². The number of hydrogen-bond acceptors (Lipinski definition) is 3. The highest BCUT2D eigenvalue weighted by molar-refractivity contribution is 6.06. The molecule has 0 bridgehead atoms. The predicted octanol–water partition coefficient (Wildman–Crippen LogP) is 4.64. The van der Waals surface area contributed by atoms with E-state index in [0.717, 1.165) is 17.7 Å². The first-order chi connectivity index (χ1) is 13.6. The van der Waals surface area contributed by atoms with Crippen molar-refractivity contribution in [3.05, 3.63) is 83.9 Å². The third-order valence-electron chi connectivity index (χ3n) is 4.72. The fourth-order valence-corrected chi connectivity index (χ4v) is 3.34. The van der Waals surface area contributed by atoms with Crippen LogP contribution < -0.4 is 15.0 Å². The standard InChI is InChI=1S/C23H20N2O3/c1-16(26)25-14-13-17-11-12-18(15-21(17)25)24-23(27)20-9-5-6-10-22(20)28-19-7-3-2-4-8-19/h2-12,15H,13-14H2,1H3,(H,24,27). The molecule has 4 rings (SSSR count). The van der Waals surface area contributed by atoms with Crippen molar-refractivity contribution in [2.45, 2.75) is 13.3 Å². The molecule has 140 valence electrons. The van der Waals surface area contributed by atoms with Crippen LogP contribution in [0.25, 0.3) is 0 Å². The molecular weight excluding hydrogens is 352 g/mol. The number of carbonyl (C=O) groups excluding carboxylic acids is 2. The normalized spacial score (nSPS) is 12.4. The molecule has 0 atom stereocenters. The van der Waals surface area contributed by atoms with E-state index < -0.39 is 0 Å². The lowest BCUT2D eigenvalue weighted by Crippen LogP contribution is -2.25. The van der Waals surface area contributed by atoms with Crippen LogP contribution >= 0.6 is 0 Å². The zero-order valence-electron chi connectivity index (χ0n) is 15.5. The molecule has 1 N–H and O–H groups in total. The number of benzene rings is 3. The summed E-state index contributed by atoms with van der Waals surface area (Å²) in [7, 11) is 0. The van der Waals surface area contributed by atoms with E-state index in [9.17, 15) is 9.59 Å². The molecule has 5 nitrogen and oxygen atoms in total. The number of ether oxygens (including phenoxy) is 1. The fraction of sp³-hybridized carbons (Fsp3) is 0.130. The molecule has 3 aromatic rings. The van der Waals surface area contributed by atoms with E-state index in [1.165, 1.54) is 0 Å². The summed E-state index contributed by atoms with van der Waals surface area (Å²) in [5.74, 6) is 0.887. The van der Waals surface area contributed by atoms with Gasteiger partial charge in [0.15, 0.2) is 0 Å². The number of rotatable bonds is 4. The van der Waals surface area contributed by atoms with Crippen molar-refractivity contribution in [1.82, 2.24) is 0 Å². The van der Waals surface area contributed by atoms with Gasteiger partial charge in [-0.05, 0) is 48.4 Å². The molecule has 1 aliphatic heterocycles. The molecule has 0 aliphatic carbocycles. The Hall–Kier alpha value is -3.60. The van der Waals surface area contributed by atoms with Gasteiger partial charge in [-0.1, -0.05) is 36.4 Å². The maximum Gasteiger partial charge on any atom is 0.259 e. The van der Waals surface area contributed by atoms with Gasteiger partial charge >= 0.3 is 0 Å². The molecule has 28 heavy (non-hydrogen) atoms. The van der Waals surface area contributed by atoms with Gasteiger partial charge in [0.05, 0.1) is 5.56 Å². The Kier molecular flexibility index (Phi) is 4.81. The second-order valence-electron chi connectivity index (χ2n) is 6.63. The SMILES string of the molecule is CC(=O)N1CCc2ccc(NC(=O)c3ccccc3Oc3ccccc3)cc21. The molecule has 0 fully saturated rings. The molecule has 0 spiro atoms. The molecule has 0 radical (unpaired) electrons. The molecule has 5 heteroatoms. The zero-order chi connectivity index (χ0) is 19.5. The maximum atomic E-state index is 12.9. The van der Waals surface area contributed by atoms with Crippen LogP contribution in [0.4, 0.5) is 11.4 Å². The largest absolute Gasteiger partial charge is 0.457 e. The van der Waals surface area contributed by atoms with E-state index in [1.54, 1.807) is 30.0 Å². The van der Waals surface area contributed by atoms with Crippen molar-refractivity contribution in [1.29, 1.82) is 0 Å². The van der Waals surface area contributed by atoms with Crippen LogP contribution in [0.1, 0.15) is 22.8 Å². The second-order valence-corrected chi connectivity index (χ2v) is 6.63. The van der Waals surface area contributed by atoms with Crippen LogP contribution in [0.3, 0.4) is 0 Å². The van der Waals surface area contributed by atoms with E-state index in [0.29, 0.717) is 29.3 Å². The summed E-state index contributed by atoms with van der Waals surface area (Å²) in [6, 6.07) is 22.1. The molecule has 0 saturated carbocycles. The van der Waals surface area contributed by atoms with Gasteiger partial charge in [-0.15, -0.1) is 0 Å². The van der Waals surface area contributed by atoms with Gasteiger partial charge in [-0.2, -0.15) is 0 Å². The van der Waals surface area contributed by atoms with E-state index >= 15 is 0 Å². The number of nitrogens with zero attached hydrogens (tertiary/aromatic N) is 1. The minimum Gasteiger partial charge on any atom is -0.457 e. The highest BCUT2D eigenvalue weighted by Crippen LogP contribution is 2.32. The summed E-state index contributed by atoms with van der Waals surface area (Å²) < 4.78 is 5.88. The molecule has 0 saturated heterocycles. The van der Waals surface area contributed by atoms with Gasteiger partial charge in [-0.3, -0.25) is 9.59 Å². The van der Waals surface area contributed by atoms with E-state index in [1.807, 2.05) is 54.6 Å². The molecule has 1 aliphatic rings. The van der Waals surface area contributed by atoms with Crippen LogP contribution in [0, 0.1) is 0 Å². The number of fused-ring (bicyclic) bond motifs is 1. The van der Waals surface area contributed by atoms with E-state index in [4.69, 9.17) is 4.74 Å². The summed E-state index contributed by atoms with van der Waals surface area (Å²) in [6.45, 7) is 2.23. The number of amides is 2. The van der Waals surface area contributed by atoms with Crippen LogP contribution in [0.5, 0.6) is 11.5 Å². The van der Waals surface area contributed by atoms with Crippen molar-refractivity contribution >= 4 is 23.2 Å². The molecule has 2 amide bonds. The summed E-state index contributed by atoms with van der Waals surface area (Å²) >= 11 is 0. The Labute approximate surface area is 163 Å². The van der Waals surface area contributed by atoms with E-state index in [2.05, 4.69) is 5.32 Å². The Balaban J connectivity index is 1.57. The zero-order valence-corrected chi connectivity index (χ0v) is 15.5. The summed E-state index contributed by atoms with van der Waals surface area (Å²) in [6.07, 6.45) is 0.830. The van der Waals surface area contributed by atoms with Gasteiger partial charge in [0.1, 0.15) is 11.5 Å². The van der Waals surface area contributed by atoms with E-state index in [-0.39, 0.29) is 11.8 Å². The minimum atomic E-state index is -0.265. The highest BCUT2D eigenvalue weighted by atomic mass is 16.5. The van der Waals surface area contributed by atoms with Crippen LogP contribution in [-0.4, -0.2) is 18.4 Å². The fourth-order valence-electron chi connectivity index (χ4n) is 3.34. The van der Waals surface area contributed by atoms with Gasteiger partial charge in [-0.25, -0.2) is 0 Å². The van der Waals surface area contributed by atoms with Gasteiger partial charge in [0, 0.05) is 24.8 Å². The molecule has 0 aromatic heterocycles. The Morgan fingerprint density at radius 3 is 2.50 bits per heavy atom. The number of nitrogens with one attached hydrogen (secondary N) is 1. The number of hydrogen-bond donors (Lipinski definition) is 1. The molecule has 3 aromatic carbocycles. The predicted molar refractivity (Wildman–Crippen MR) is 109 cm³/mol. The third-order valence-corrected chi connectivity index (χ3v) is 4.72. The Bertz CT molecular complexity index is 1030. The quantitative estimate of drug-likeness (QED) is 0.726. The third kappa shape index (κ3) is 3.60. The lowest BCUT2D eigenvalue weighted by Gasteiger charge is -2.16. The number of anilines is 2. The Morgan fingerprint density at radius 1 is 0.964 bits per heavy atom. The Morgan fingerprint density at radius 2 is 1.71 bits per heavy atom. The average molecular weight is 372 g/mol. The smallest absolute Gasteiger partial charge is 0.259 e. The lowest BCUT2D eigenvalue weighted by atomic mass is 10.1. The molecular formula is C23H20N2O3. The summed E-state index contributed by atoms with van der Waals surface area (Å²) in [5.41, 5.74) is 3.06. The highest BCUT2D eigenvalue weighted by Gasteiger charge is 2.23. The van der Waals surface area contributed by atoms with Crippen molar-refractivity contribution in [3.8, 4) is 11.5 Å². The number of para-hydroxylation sites is 2. The minimum absolute atomic E-state index is 0.00355. The van der Waals surface area contributed by atoms with Gasteiger partial charge < -0.3 is 15.0 Å². The summed E-state index contributed by atoms with van der Waals surface area (Å²) in [5, 5.41) is 2.92. The molecule has 0 unspecified atom stereocenters. The second kappa shape index (κ2) is 7.56. The van der Waals surface area contributed by atoms with Crippen LogP contribution in [0.15, 0.2) is 72.8 Å². The van der Waals surface area contributed by atoms with Crippen LogP contribution in [0.2, 0.25) is 0 Å². The topological polar surface area (TPSA) is 58.6 Å². The number of carbonyl (C=O) groups is 2. The van der Waals surface area contributed by atoms with Crippen molar-refractivity contribution in [2.24, 2.45) is 0 Å². The maximum absolute atomic E-state index is 12.9. The van der Waals surface area contributed by atoms with Crippen molar-refractivity contribution < 1.29 is 14.3 Å².